The van der Waals surface area contributed by atoms with Gasteiger partial charge in [0.2, 0.25) is 5.76 Å². The molecule has 1 aliphatic rings. The fraction of sp³-hybridized carbons (Fsp3) is 0.600. The summed E-state index contributed by atoms with van der Waals surface area (Å²) in [5, 5.41) is 8.49. The van der Waals surface area contributed by atoms with E-state index in [1.165, 1.54) is 19.4 Å². The molecule has 1 fully saturated rings. The van der Waals surface area contributed by atoms with Crippen molar-refractivity contribution in [3.63, 3.8) is 0 Å². The molecule has 0 spiro atoms. The second-order valence-electron chi connectivity index (χ2n) is 5.68. The van der Waals surface area contributed by atoms with Crippen LogP contribution in [-0.4, -0.2) is 35.2 Å². The highest BCUT2D eigenvalue weighted by Crippen LogP contribution is 2.17. The van der Waals surface area contributed by atoms with E-state index in [0.717, 1.165) is 25.7 Å². The third-order valence-corrected chi connectivity index (χ3v) is 3.66. The number of rotatable bonds is 4. The van der Waals surface area contributed by atoms with E-state index in [2.05, 4.69) is 15.8 Å². The second-order valence-corrected chi connectivity index (χ2v) is 5.68. The summed E-state index contributed by atoms with van der Waals surface area (Å²) in [4.78, 5) is 35.4. The Bertz CT molecular complexity index is 577. The van der Waals surface area contributed by atoms with Crippen LogP contribution in [0.2, 0.25) is 0 Å². The van der Waals surface area contributed by atoms with E-state index in [-0.39, 0.29) is 11.8 Å². The Morgan fingerprint density at radius 3 is 2.61 bits per heavy atom. The van der Waals surface area contributed by atoms with Crippen molar-refractivity contribution in [3.05, 3.63) is 17.5 Å². The van der Waals surface area contributed by atoms with Crippen molar-refractivity contribution in [2.75, 3.05) is 0 Å². The van der Waals surface area contributed by atoms with Gasteiger partial charge in [0.25, 0.3) is 5.91 Å². The Kier molecular flexibility index (Phi) is 5.72. The standard InChI is InChI=1S/C15H21N3O5/c1-9-8-12(23-18-9)14(20)22-10(2)13(19)17-15(21)16-11-6-4-3-5-7-11/h8,10-11H,3-7H2,1-2H3,(H2,16,17,19,21)/t10-/m1/s1. The molecule has 1 heterocycles. The number of nitrogens with one attached hydrogen (secondary N) is 2. The molecule has 23 heavy (non-hydrogen) atoms. The quantitative estimate of drug-likeness (QED) is 0.816. The number of carbonyl (C=O) groups is 3. The van der Waals surface area contributed by atoms with Crippen LogP contribution >= 0.6 is 0 Å². The van der Waals surface area contributed by atoms with Gasteiger partial charge in [-0.1, -0.05) is 24.4 Å². The van der Waals surface area contributed by atoms with Crippen LogP contribution in [0.25, 0.3) is 0 Å². The van der Waals surface area contributed by atoms with E-state index < -0.39 is 24.0 Å². The number of aromatic nitrogens is 1. The molecule has 8 nitrogen and oxygen atoms in total. The van der Waals surface area contributed by atoms with Gasteiger partial charge < -0.3 is 14.6 Å². The number of hydrogen-bond acceptors (Lipinski definition) is 6. The number of nitrogens with zero attached hydrogens (tertiary/aromatic N) is 1. The lowest BCUT2D eigenvalue weighted by Crippen LogP contribution is -2.48. The van der Waals surface area contributed by atoms with Gasteiger partial charge in [-0.05, 0) is 26.7 Å². The monoisotopic (exact) mass is 323 g/mol. The highest BCUT2D eigenvalue weighted by atomic mass is 16.6. The van der Waals surface area contributed by atoms with E-state index in [4.69, 9.17) is 9.26 Å². The van der Waals surface area contributed by atoms with Gasteiger partial charge in [-0.2, -0.15) is 0 Å². The van der Waals surface area contributed by atoms with Gasteiger partial charge in [-0.25, -0.2) is 9.59 Å². The SMILES string of the molecule is Cc1cc(C(=O)O[C@H](C)C(=O)NC(=O)NC2CCCCC2)on1. The molecule has 8 heteroatoms. The molecule has 126 valence electrons. The lowest BCUT2D eigenvalue weighted by molar-refractivity contribution is -0.128. The van der Waals surface area contributed by atoms with Gasteiger partial charge >= 0.3 is 12.0 Å². The number of aryl methyl sites for hydroxylation is 1. The van der Waals surface area contributed by atoms with E-state index in [9.17, 15) is 14.4 Å². The highest BCUT2D eigenvalue weighted by Gasteiger charge is 2.24. The second kappa shape index (κ2) is 7.75. The molecular weight excluding hydrogens is 302 g/mol. The first-order chi connectivity index (χ1) is 11.0. The molecule has 1 aromatic rings. The van der Waals surface area contributed by atoms with Crippen LogP contribution in [-0.2, 0) is 9.53 Å². The van der Waals surface area contributed by atoms with Crippen molar-refractivity contribution in [2.45, 2.75) is 58.1 Å². The maximum Gasteiger partial charge on any atom is 0.377 e. The minimum Gasteiger partial charge on any atom is -0.447 e. The number of hydrogen-bond donors (Lipinski definition) is 2. The van der Waals surface area contributed by atoms with Gasteiger partial charge in [0.15, 0.2) is 6.10 Å². The highest BCUT2D eigenvalue weighted by molar-refractivity contribution is 5.98. The van der Waals surface area contributed by atoms with Crippen LogP contribution in [0.5, 0.6) is 0 Å². The zero-order valence-electron chi connectivity index (χ0n) is 13.3. The fourth-order valence-electron chi connectivity index (χ4n) is 2.41. The molecule has 0 unspecified atom stereocenters. The zero-order valence-corrected chi connectivity index (χ0v) is 13.3. The Hall–Kier alpha value is -2.38. The van der Waals surface area contributed by atoms with Crippen LogP contribution in [0.3, 0.4) is 0 Å². The van der Waals surface area contributed by atoms with Gasteiger partial charge in [-0.15, -0.1) is 0 Å². The summed E-state index contributed by atoms with van der Waals surface area (Å²) in [7, 11) is 0. The average molecular weight is 323 g/mol. The topological polar surface area (TPSA) is 111 Å². The number of urea groups is 1. The summed E-state index contributed by atoms with van der Waals surface area (Å²) in [5.41, 5.74) is 0.529. The third kappa shape index (κ3) is 5.08. The summed E-state index contributed by atoms with van der Waals surface area (Å²) in [6, 6.07) is 0.926. The van der Waals surface area contributed by atoms with Crippen molar-refractivity contribution >= 4 is 17.9 Å². The minimum atomic E-state index is -1.12. The normalized spacial score (nSPS) is 16.4. The van der Waals surface area contributed by atoms with Gasteiger partial charge in [0, 0.05) is 12.1 Å². The smallest absolute Gasteiger partial charge is 0.377 e. The largest absolute Gasteiger partial charge is 0.447 e. The molecule has 1 aliphatic carbocycles. The Balaban J connectivity index is 1.77. The van der Waals surface area contributed by atoms with Crippen LogP contribution in [0.15, 0.2) is 10.6 Å². The molecule has 0 bridgehead atoms. The molecule has 0 aromatic carbocycles. The summed E-state index contributed by atoms with van der Waals surface area (Å²) in [5.74, 6) is -1.59. The van der Waals surface area contributed by atoms with Gasteiger partial charge in [0.05, 0.1) is 5.69 Å². The molecule has 2 rings (SSSR count). The van der Waals surface area contributed by atoms with Gasteiger partial charge in [-0.3, -0.25) is 10.1 Å². The Labute approximate surface area is 133 Å². The lowest BCUT2D eigenvalue weighted by atomic mass is 9.96. The van der Waals surface area contributed by atoms with Gasteiger partial charge in [0.1, 0.15) is 0 Å². The van der Waals surface area contributed by atoms with Crippen molar-refractivity contribution in [1.29, 1.82) is 0 Å². The van der Waals surface area contributed by atoms with Crippen molar-refractivity contribution in [3.8, 4) is 0 Å². The van der Waals surface area contributed by atoms with E-state index in [1.807, 2.05) is 0 Å². The van der Waals surface area contributed by atoms with E-state index in [0.29, 0.717) is 5.69 Å². The lowest BCUT2D eigenvalue weighted by Gasteiger charge is -2.23. The number of amides is 3. The summed E-state index contributed by atoms with van der Waals surface area (Å²) in [6.07, 6.45) is 4.03. The molecule has 1 aromatic heterocycles. The molecule has 1 saturated carbocycles. The molecule has 3 amide bonds. The molecule has 0 saturated heterocycles. The Morgan fingerprint density at radius 2 is 2.00 bits per heavy atom. The van der Waals surface area contributed by atoms with Crippen molar-refractivity contribution in [1.82, 2.24) is 15.8 Å². The Morgan fingerprint density at radius 1 is 1.30 bits per heavy atom. The number of ether oxygens (including phenoxy) is 1. The van der Waals surface area contributed by atoms with Crippen molar-refractivity contribution < 1.29 is 23.6 Å². The summed E-state index contributed by atoms with van der Waals surface area (Å²) in [6.45, 7) is 3.04. The first kappa shape index (κ1) is 17.0. The number of carbonyl (C=O) groups excluding carboxylic acids is 3. The maximum atomic E-state index is 11.9. The molecule has 2 N–H and O–H groups in total. The third-order valence-electron chi connectivity index (χ3n) is 3.66. The predicted octanol–water partition coefficient (Wildman–Crippen LogP) is 1.69. The summed E-state index contributed by atoms with van der Waals surface area (Å²) >= 11 is 0. The molecule has 0 radical (unpaired) electrons. The number of esters is 1. The zero-order chi connectivity index (χ0) is 16.8. The molecule has 0 aliphatic heterocycles. The number of imide groups is 1. The molecule has 1 atom stereocenters. The summed E-state index contributed by atoms with van der Waals surface area (Å²) < 4.78 is 9.69. The van der Waals surface area contributed by atoms with Crippen LogP contribution < -0.4 is 10.6 Å². The van der Waals surface area contributed by atoms with Crippen molar-refractivity contribution in [2.24, 2.45) is 0 Å². The van der Waals surface area contributed by atoms with E-state index >= 15 is 0 Å². The first-order valence-electron chi connectivity index (χ1n) is 7.71. The van der Waals surface area contributed by atoms with Crippen LogP contribution in [0.4, 0.5) is 4.79 Å². The van der Waals surface area contributed by atoms with E-state index in [1.54, 1.807) is 6.92 Å². The maximum absolute atomic E-state index is 11.9. The average Bonchev–Trinajstić information content (AvgIpc) is 2.94. The first-order valence-corrected chi connectivity index (χ1v) is 7.71. The fourth-order valence-corrected chi connectivity index (χ4v) is 2.41. The van der Waals surface area contributed by atoms with Crippen LogP contribution in [0.1, 0.15) is 55.3 Å². The molecular formula is C15H21N3O5. The minimum absolute atomic E-state index is 0.0891. The predicted molar refractivity (Wildman–Crippen MR) is 79.7 cm³/mol. The van der Waals surface area contributed by atoms with Crippen LogP contribution in [0, 0.1) is 6.92 Å².